The molecule has 1 aliphatic rings. The number of hydrogen-bond acceptors (Lipinski definition) is 2. The Morgan fingerprint density at radius 3 is 2.74 bits per heavy atom. The number of hydrogen-bond donors (Lipinski definition) is 2. The second-order valence-electron chi connectivity index (χ2n) is 5.95. The summed E-state index contributed by atoms with van der Waals surface area (Å²) in [7, 11) is 0. The summed E-state index contributed by atoms with van der Waals surface area (Å²) in [6.45, 7) is 2.52. The zero-order valence-corrected chi connectivity index (χ0v) is 13.7. The number of rotatable bonds is 3. The highest BCUT2D eigenvalue weighted by Crippen LogP contribution is 2.30. The van der Waals surface area contributed by atoms with Gasteiger partial charge in [-0.3, -0.25) is 9.59 Å². The van der Waals surface area contributed by atoms with Gasteiger partial charge in [0.05, 0.1) is 6.04 Å². The van der Waals surface area contributed by atoms with E-state index in [4.69, 9.17) is 11.6 Å². The van der Waals surface area contributed by atoms with Gasteiger partial charge in [-0.05, 0) is 30.4 Å². The zero-order chi connectivity index (χ0) is 16.4. The van der Waals surface area contributed by atoms with Gasteiger partial charge in [-0.25, -0.2) is 0 Å². The van der Waals surface area contributed by atoms with E-state index >= 15 is 0 Å². The average molecular weight is 331 g/mol. The van der Waals surface area contributed by atoms with E-state index in [0.29, 0.717) is 18.0 Å². The van der Waals surface area contributed by atoms with E-state index in [-0.39, 0.29) is 30.2 Å². The number of amides is 2. The van der Waals surface area contributed by atoms with Crippen molar-refractivity contribution in [3.63, 3.8) is 0 Å². The number of benzene rings is 2. The van der Waals surface area contributed by atoms with Crippen molar-refractivity contribution in [2.24, 2.45) is 5.92 Å². The quantitative estimate of drug-likeness (QED) is 0.908. The van der Waals surface area contributed by atoms with Crippen LogP contribution in [0.5, 0.6) is 0 Å². The van der Waals surface area contributed by atoms with Crippen molar-refractivity contribution in [3.05, 3.63) is 47.0 Å². The fourth-order valence-corrected chi connectivity index (χ4v) is 3.31. The van der Waals surface area contributed by atoms with Crippen LogP contribution in [0.4, 0.5) is 0 Å². The summed E-state index contributed by atoms with van der Waals surface area (Å²) >= 11 is 6.25. The van der Waals surface area contributed by atoms with Crippen LogP contribution in [0.15, 0.2) is 36.4 Å². The first kappa shape index (κ1) is 15.8. The summed E-state index contributed by atoms with van der Waals surface area (Å²) in [4.78, 5) is 23.9. The number of carbonyl (C=O) groups excluding carboxylic acids is 2. The number of fused-ring (bicyclic) bond motifs is 1. The molecule has 2 aromatic carbocycles. The van der Waals surface area contributed by atoms with Crippen molar-refractivity contribution in [3.8, 4) is 0 Å². The van der Waals surface area contributed by atoms with Crippen LogP contribution in [0.3, 0.4) is 0 Å². The van der Waals surface area contributed by atoms with E-state index in [1.807, 2.05) is 43.3 Å². The summed E-state index contributed by atoms with van der Waals surface area (Å²) in [6.07, 6.45) is 0.950. The predicted octanol–water partition coefficient (Wildman–Crippen LogP) is 3.20. The van der Waals surface area contributed by atoms with E-state index < -0.39 is 0 Å². The number of nitrogens with one attached hydrogen (secondary N) is 2. The molecule has 0 saturated carbocycles. The molecule has 0 bridgehead atoms. The van der Waals surface area contributed by atoms with Gasteiger partial charge in [-0.2, -0.15) is 0 Å². The van der Waals surface area contributed by atoms with Gasteiger partial charge in [0.1, 0.15) is 0 Å². The minimum atomic E-state index is -0.246. The highest BCUT2D eigenvalue weighted by atomic mass is 35.5. The number of piperidine rings is 1. The Balaban J connectivity index is 1.81. The molecular formula is C18H19ClN2O2. The monoisotopic (exact) mass is 330 g/mol. The third kappa shape index (κ3) is 3.32. The van der Waals surface area contributed by atoms with E-state index in [1.165, 1.54) is 0 Å². The van der Waals surface area contributed by atoms with Gasteiger partial charge in [-0.15, -0.1) is 0 Å². The van der Waals surface area contributed by atoms with E-state index in [9.17, 15) is 9.59 Å². The standard InChI is InChI=1S/C18H19ClN2O2/c1-11(21-18(23)12-8-9-20-17(22)10-12)13-6-7-16(19)15-5-3-2-4-14(13)15/h2-7,11-12H,8-10H2,1H3,(H,20,22)(H,21,23). The Morgan fingerprint density at radius 1 is 1.26 bits per heavy atom. The minimum absolute atomic E-state index is 0.0546. The lowest BCUT2D eigenvalue weighted by atomic mass is 9.95. The van der Waals surface area contributed by atoms with E-state index in [0.717, 1.165) is 16.3 Å². The molecule has 0 radical (unpaired) electrons. The molecule has 2 N–H and O–H groups in total. The molecule has 2 atom stereocenters. The van der Waals surface area contributed by atoms with Crippen LogP contribution in [0, 0.1) is 5.92 Å². The topological polar surface area (TPSA) is 58.2 Å². The van der Waals surface area contributed by atoms with Gasteiger partial charge in [0.25, 0.3) is 0 Å². The SMILES string of the molecule is CC(NC(=O)C1CCNC(=O)C1)c1ccc(Cl)c2ccccc12. The van der Waals surface area contributed by atoms with Crippen molar-refractivity contribution < 1.29 is 9.59 Å². The molecule has 2 aromatic rings. The molecular weight excluding hydrogens is 312 g/mol. The largest absolute Gasteiger partial charge is 0.356 e. The molecule has 1 aliphatic heterocycles. The molecule has 4 nitrogen and oxygen atoms in total. The molecule has 0 aromatic heterocycles. The third-order valence-electron chi connectivity index (χ3n) is 4.35. The smallest absolute Gasteiger partial charge is 0.224 e. The molecule has 5 heteroatoms. The average Bonchev–Trinajstić information content (AvgIpc) is 2.55. The maximum absolute atomic E-state index is 12.4. The molecule has 2 unspecified atom stereocenters. The lowest BCUT2D eigenvalue weighted by Crippen LogP contribution is -2.41. The summed E-state index contributed by atoms with van der Waals surface area (Å²) in [6, 6.07) is 11.5. The van der Waals surface area contributed by atoms with E-state index in [1.54, 1.807) is 0 Å². The Morgan fingerprint density at radius 2 is 2.00 bits per heavy atom. The molecule has 120 valence electrons. The lowest BCUT2D eigenvalue weighted by Gasteiger charge is -2.24. The maximum Gasteiger partial charge on any atom is 0.224 e. The first-order valence-electron chi connectivity index (χ1n) is 7.80. The molecule has 1 heterocycles. The van der Waals surface area contributed by atoms with Gasteiger partial charge in [0.2, 0.25) is 11.8 Å². The Bertz CT molecular complexity index is 760. The van der Waals surface area contributed by atoms with Crippen molar-refractivity contribution >= 4 is 34.2 Å². The Labute approximate surface area is 140 Å². The third-order valence-corrected chi connectivity index (χ3v) is 4.68. The van der Waals surface area contributed by atoms with Crippen molar-refractivity contribution in [1.29, 1.82) is 0 Å². The Kier molecular flexibility index (Phi) is 4.53. The molecule has 2 amide bonds. The van der Waals surface area contributed by atoms with Crippen molar-refractivity contribution in [2.45, 2.75) is 25.8 Å². The molecule has 1 saturated heterocycles. The zero-order valence-electron chi connectivity index (χ0n) is 12.9. The van der Waals surface area contributed by atoms with Crippen LogP contribution in [0.2, 0.25) is 5.02 Å². The first-order valence-corrected chi connectivity index (χ1v) is 8.18. The van der Waals surface area contributed by atoms with Gasteiger partial charge in [0.15, 0.2) is 0 Å². The van der Waals surface area contributed by atoms with Crippen LogP contribution in [0.1, 0.15) is 31.4 Å². The van der Waals surface area contributed by atoms with Crippen molar-refractivity contribution in [2.75, 3.05) is 6.54 Å². The summed E-state index contributed by atoms with van der Waals surface area (Å²) in [5.41, 5.74) is 1.03. The highest BCUT2D eigenvalue weighted by Gasteiger charge is 2.26. The lowest BCUT2D eigenvalue weighted by molar-refractivity contribution is -0.132. The second kappa shape index (κ2) is 6.59. The second-order valence-corrected chi connectivity index (χ2v) is 6.36. The van der Waals surface area contributed by atoms with Gasteiger partial charge in [0, 0.05) is 29.3 Å². The van der Waals surface area contributed by atoms with Crippen molar-refractivity contribution in [1.82, 2.24) is 10.6 Å². The van der Waals surface area contributed by atoms with Gasteiger partial charge < -0.3 is 10.6 Å². The molecule has 0 aliphatic carbocycles. The summed E-state index contributed by atoms with van der Waals surface area (Å²) in [5.74, 6) is -0.364. The number of carbonyl (C=O) groups is 2. The normalized spacial score (nSPS) is 19.2. The van der Waals surface area contributed by atoms with Crippen LogP contribution < -0.4 is 10.6 Å². The first-order chi connectivity index (χ1) is 11.1. The highest BCUT2D eigenvalue weighted by molar-refractivity contribution is 6.35. The minimum Gasteiger partial charge on any atom is -0.356 e. The fourth-order valence-electron chi connectivity index (χ4n) is 3.08. The van der Waals surface area contributed by atoms with Gasteiger partial charge in [-0.1, -0.05) is 41.9 Å². The summed E-state index contributed by atoms with van der Waals surface area (Å²) in [5, 5.41) is 8.50. The van der Waals surface area contributed by atoms with Crippen LogP contribution >= 0.6 is 11.6 Å². The van der Waals surface area contributed by atoms with Crippen LogP contribution in [-0.2, 0) is 9.59 Å². The molecule has 3 rings (SSSR count). The number of halogens is 1. The van der Waals surface area contributed by atoms with Gasteiger partial charge >= 0.3 is 0 Å². The van der Waals surface area contributed by atoms with E-state index in [2.05, 4.69) is 10.6 Å². The summed E-state index contributed by atoms with van der Waals surface area (Å²) < 4.78 is 0. The predicted molar refractivity (Wildman–Crippen MR) is 91.2 cm³/mol. The molecule has 23 heavy (non-hydrogen) atoms. The molecule has 0 spiro atoms. The van der Waals surface area contributed by atoms with Crippen LogP contribution in [0.25, 0.3) is 10.8 Å². The molecule has 1 fully saturated rings. The Hall–Kier alpha value is -2.07. The van der Waals surface area contributed by atoms with Crippen LogP contribution in [-0.4, -0.2) is 18.4 Å². The maximum atomic E-state index is 12.4. The fraction of sp³-hybridized carbons (Fsp3) is 0.333.